The Hall–Kier alpha value is -2.12. The highest BCUT2D eigenvalue weighted by molar-refractivity contribution is 5.95. The molecule has 21 heavy (non-hydrogen) atoms. The highest BCUT2D eigenvalue weighted by Crippen LogP contribution is 2.34. The maximum atomic E-state index is 9.55. The SMILES string of the molecule is CC[C@H]1CN(c2ccc(C#N)c3ncccc23)C[C@@H]1CO. The number of pyridine rings is 1. The van der Waals surface area contributed by atoms with Crippen molar-refractivity contribution in [2.45, 2.75) is 13.3 Å². The van der Waals surface area contributed by atoms with Crippen LogP contribution in [0.2, 0.25) is 0 Å². The first-order valence-corrected chi connectivity index (χ1v) is 7.42. The Morgan fingerprint density at radius 2 is 2.14 bits per heavy atom. The lowest BCUT2D eigenvalue weighted by Gasteiger charge is -2.21. The van der Waals surface area contributed by atoms with Crippen molar-refractivity contribution in [3.63, 3.8) is 0 Å². The number of aromatic nitrogens is 1. The van der Waals surface area contributed by atoms with Gasteiger partial charge in [0, 0.05) is 42.9 Å². The number of fused-ring (bicyclic) bond motifs is 1. The predicted molar refractivity (Wildman–Crippen MR) is 83.0 cm³/mol. The summed E-state index contributed by atoms with van der Waals surface area (Å²) < 4.78 is 0. The van der Waals surface area contributed by atoms with Crippen LogP contribution in [-0.2, 0) is 0 Å². The molecular formula is C17H19N3O. The van der Waals surface area contributed by atoms with Crippen LogP contribution < -0.4 is 4.90 Å². The number of nitrogens with zero attached hydrogens (tertiary/aromatic N) is 3. The lowest BCUT2D eigenvalue weighted by Crippen LogP contribution is -2.21. The summed E-state index contributed by atoms with van der Waals surface area (Å²) in [6.45, 7) is 4.24. The summed E-state index contributed by atoms with van der Waals surface area (Å²) in [6, 6.07) is 9.99. The molecule has 1 saturated heterocycles. The molecule has 1 N–H and O–H groups in total. The number of benzene rings is 1. The molecular weight excluding hydrogens is 262 g/mol. The first kappa shape index (κ1) is 13.8. The van der Waals surface area contributed by atoms with E-state index in [4.69, 9.17) is 0 Å². The summed E-state index contributed by atoms with van der Waals surface area (Å²) in [7, 11) is 0. The molecule has 1 fully saturated rings. The molecule has 1 aromatic carbocycles. The Balaban J connectivity index is 2.05. The van der Waals surface area contributed by atoms with Crippen LogP contribution in [0.4, 0.5) is 5.69 Å². The fourth-order valence-corrected chi connectivity index (χ4v) is 3.33. The Morgan fingerprint density at radius 3 is 2.81 bits per heavy atom. The van der Waals surface area contributed by atoms with Crippen LogP contribution in [0.5, 0.6) is 0 Å². The number of rotatable bonds is 3. The van der Waals surface area contributed by atoms with Gasteiger partial charge in [0.25, 0.3) is 0 Å². The number of anilines is 1. The van der Waals surface area contributed by atoms with Crippen molar-refractivity contribution in [3.05, 3.63) is 36.0 Å². The van der Waals surface area contributed by atoms with Crippen molar-refractivity contribution >= 4 is 16.6 Å². The smallest absolute Gasteiger partial charge is 0.101 e. The van der Waals surface area contributed by atoms with Crippen molar-refractivity contribution in [1.29, 1.82) is 5.26 Å². The van der Waals surface area contributed by atoms with Gasteiger partial charge in [-0.15, -0.1) is 0 Å². The van der Waals surface area contributed by atoms with Gasteiger partial charge in [0.1, 0.15) is 6.07 Å². The Bertz CT molecular complexity index is 680. The standard InChI is InChI=1S/C17H19N3O/c1-2-12-9-20(10-14(12)11-21)16-6-5-13(8-18)17-15(16)4-3-7-19-17/h3-7,12,14,21H,2,9-11H2,1H3/t12-,14+/m0/s1. The molecule has 0 spiro atoms. The van der Waals surface area contributed by atoms with Gasteiger partial charge in [-0.05, 0) is 30.2 Å². The minimum Gasteiger partial charge on any atom is -0.396 e. The molecule has 0 unspecified atom stereocenters. The number of nitriles is 1. The van der Waals surface area contributed by atoms with Gasteiger partial charge in [-0.25, -0.2) is 0 Å². The van der Waals surface area contributed by atoms with E-state index in [-0.39, 0.29) is 6.61 Å². The van der Waals surface area contributed by atoms with Gasteiger partial charge in [0.15, 0.2) is 0 Å². The van der Waals surface area contributed by atoms with Gasteiger partial charge in [-0.2, -0.15) is 5.26 Å². The summed E-state index contributed by atoms with van der Waals surface area (Å²) in [6.07, 6.45) is 2.80. The van der Waals surface area contributed by atoms with E-state index in [0.717, 1.165) is 36.1 Å². The van der Waals surface area contributed by atoms with E-state index in [9.17, 15) is 10.4 Å². The molecule has 1 aliphatic heterocycles. The Labute approximate surface area is 124 Å². The fraction of sp³-hybridized carbons (Fsp3) is 0.412. The second kappa shape index (κ2) is 5.71. The van der Waals surface area contributed by atoms with E-state index < -0.39 is 0 Å². The first-order valence-electron chi connectivity index (χ1n) is 7.42. The molecule has 1 aliphatic rings. The monoisotopic (exact) mass is 281 g/mol. The van der Waals surface area contributed by atoms with Crippen LogP contribution in [0.1, 0.15) is 18.9 Å². The molecule has 108 valence electrons. The van der Waals surface area contributed by atoms with Crippen LogP contribution in [0.15, 0.2) is 30.5 Å². The van der Waals surface area contributed by atoms with Crippen molar-refractivity contribution < 1.29 is 5.11 Å². The highest BCUT2D eigenvalue weighted by Gasteiger charge is 2.31. The fourth-order valence-electron chi connectivity index (χ4n) is 3.33. The first-order chi connectivity index (χ1) is 10.3. The molecule has 0 aliphatic carbocycles. The summed E-state index contributed by atoms with van der Waals surface area (Å²) >= 11 is 0. The molecule has 3 rings (SSSR count). The Kier molecular flexibility index (Phi) is 3.76. The highest BCUT2D eigenvalue weighted by atomic mass is 16.3. The summed E-state index contributed by atoms with van der Waals surface area (Å²) in [4.78, 5) is 6.68. The lowest BCUT2D eigenvalue weighted by molar-refractivity contribution is 0.204. The zero-order chi connectivity index (χ0) is 14.8. The molecule has 0 radical (unpaired) electrons. The van der Waals surface area contributed by atoms with Gasteiger partial charge >= 0.3 is 0 Å². The van der Waals surface area contributed by atoms with Crippen LogP contribution in [0, 0.1) is 23.2 Å². The minimum atomic E-state index is 0.238. The van der Waals surface area contributed by atoms with Crippen molar-refractivity contribution in [2.24, 2.45) is 11.8 Å². The van der Waals surface area contributed by atoms with Gasteiger partial charge in [0.2, 0.25) is 0 Å². The number of aliphatic hydroxyl groups is 1. The van der Waals surface area contributed by atoms with Crippen LogP contribution in [0.3, 0.4) is 0 Å². The average molecular weight is 281 g/mol. The van der Waals surface area contributed by atoms with E-state index in [1.54, 1.807) is 6.20 Å². The lowest BCUT2D eigenvalue weighted by atomic mass is 9.95. The van der Waals surface area contributed by atoms with Crippen molar-refractivity contribution in [3.8, 4) is 6.07 Å². The number of hydrogen-bond acceptors (Lipinski definition) is 4. The van der Waals surface area contributed by atoms with Gasteiger partial charge in [-0.3, -0.25) is 4.98 Å². The van der Waals surface area contributed by atoms with Crippen LogP contribution in [0.25, 0.3) is 10.9 Å². The molecule has 4 nitrogen and oxygen atoms in total. The van der Waals surface area contributed by atoms with E-state index in [1.807, 2.05) is 24.3 Å². The topological polar surface area (TPSA) is 60.2 Å². The molecule has 4 heteroatoms. The third-order valence-electron chi connectivity index (χ3n) is 4.54. The molecule has 1 aromatic heterocycles. The van der Waals surface area contributed by atoms with Gasteiger partial charge in [0.05, 0.1) is 11.1 Å². The Morgan fingerprint density at radius 1 is 1.33 bits per heavy atom. The number of aliphatic hydroxyl groups excluding tert-OH is 1. The van der Waals surface area contributed by atoms with Gasteiger partial charge in [-0.1, -0.05) is 13.3 Å². The van der Waals surface area contributed by atoms with E-state index >= 15 is 0 Å². The molecule has 0 saturated carbocycles. The summed E-state index contributed by atoms with van der Waals surface area (Å²) in [5.41, 5.74) is 2.49. The second-order valence-electron chi connectivity index (χ2n) is 5.66. The largest absolute Gasteiger partial charge is 0.396 e. The molecule has 0 amide bonds. The van der Waals surface area contributed by atoms with Crippen LogP contribution >= 0.6 is 0 Å². The van der Waals surface area contributed by atoms with E-state index in [2.05, 4.69) is 22.9 Å². The normalized spacial score (nSPS) is 21.7. The predicted octanol–water partition coefficient (Wildman–Crippen LogP) is 2.56. The average Bonchev–Trinajstić information content (AvgIpc) is 2.97. The van der Waals surface area contributed by atoms with Crippen molar-refractivity contribution in [1.82, 2.24) is 4.98 Å². The molecule has 0 bridgehead atoms. The van der Waals surface area contributed by atoms with Crippen molar-refractivity contribution in [2.75, 3.05) is 24.6 Å². The summed E-state index contributed by atoms with van der Waals surface area (Å²) in [5, 5.41) is 19.8. The maximum absolute atomic E-state index is 9.55. The quantitative estimate of drug-likeness (QED) is 0.939. The van der Waals surface area contributed by atoms with Crippen LogP contribution in [-0.4, -0.2) is 29.8 Å². The second-order valence-corrected chi connectivity index (χ2v) is 5.66. The summed E-state index contributed by atoms with van der Waals surface area (Å²) in [5.74, 6) is 0.856. The van der Waals surface area contributed by atoms with E-state index in [0.29, 0.717) is 17.4 Å². The molecule has 2 heterocycles. The number of hydrogen-bond donors (Lipinski definition) is 1. The third-order valence-corrected chi connectivity index (χ3v) is 4.54. The minimum absolute atomic E-state index is 0.238. The zero-order valence-corrected chi connectivity index (χ0v) is 12.2. The molecule has 2 aromatic rings. The third kappa shape index (κ3) is 2.34. The maximum Gasteiger partial charge on any atom is 0.101 e. The molecule has 2 atom stereocenters. The van der Waals surface area contributed by atoms with Gasteiger partial charge < -0.3 is 10.0 Å². The zero-order valence-electron chi connectivity index (χ0n) is 12.2. The van der Waals surface area contributed by atoms with E-state index in [1.165, 1.54) is 0 Å².